The Kier molecular flexibility index (Phi) is 4.98. The molecule has 0 aromatic rings. The molecule has 0 radical (unpaired) electrons. The third-order valence-electron chi connectivity index (χ3n) is 1.99. The maximum Gasteiger partial charge on any atom is 0.280 e. The molecule has 1 atom stereocenters. The second kappa shape index (κ2) is 5.29. The van der Waals surface area contributed by atoms with E-state index in [2.05, 4.69) is 9.88 Å². The Morgan fingerprint density at radius 2 is 1.93 bits per heavy atom. The molecule has 15 heavy (non-hydrogen) atoms. The monoisotopic (exact) mass is 238 g/mol. The average Bonchev–Trinajstić information content (AvgIpc) is 2.14. The molecule has 0 aromatic carbocycles. The largest absolute Gasteiger partial charge is 0.409 e. The lowest BCUT2D eigenvalue weighted by molar-refractivity contribution is 0.315. The Labute approximate surface area is 90.1 Å². The van der Waals surface area contributed by atoms with Crippen molar-refractivity contribution in [3.8, 4) is 0 Å². The fraction of sp³-hybridized carbons (Fsp3) is 0.857. The Morgan fingerprint density at radius 3 is 2.27 bits per heavy atom. The average molecular weight is 238 g/mol. The molecule has 0 saturated carbocycles. The number of rotatable bonds is 5. The van der Waals surface area contributed by atoms with Gasteiger partial charge in [0.25, 0.3) is 10.2 Å². The Morgan fingerprint density at radius 1 is 1.47 bits per heavy atom. The van der Waals surface area contributed by atoms with Crippen molar-refractivity contribution < 1.29 is 13.6 Å². The molecule has 0 aliphatic carbocycles. The van der Waals surface area contributed by atoms with E-state index >= 15 is 0 Å². The second-order valence-corrected chi connectivity index (χ2v) is 5.24. The van der Waals surface area contributed by atoms with Gasteiger partial charge < -0.3 is 10.9 Å². The van der Waals surface area contributed by atoms with E-state index in [4.69, 9.17) is 10.9 Å². The number of nitrogens with two attached hydrogens (primary N) is 1. The standard InChI is InChI=1S/C7H18N4O3S/c1-5(2)11(4)15(13,14)10-6(3)7(8)9-12/h5-6,10,12H,1-4H3,(H2,8,9). The Hall–Kier alpha value is -0.860. The lowest BCUT2D eigenvalue weighted by Gasteiger charge is -2.23. The molecule has 0 heterocycles. The number of oxime groups is 1. The maximum atomic E-state index is 11.6. The van der Waals surface area contributed by atoms with Crippen molar-refractivity contribution in [2.45, 2.75) is 32.9 Å². The summed E-state index contributed by atoms with van der Waals surface area (Å²) in [5, 5.41) is 11.1. The first-order valence-electron chi connectivity index (χ1n) is 4.45. The summed E-state index contributed by atoms with van der Waals surface area (Å²) >= 11 is 0. The van der Waals surface area contributed by atoms with Gasteiger partial charge in [-0.25, -0.2) is 0 Å². The van der Waals surface area contributed by atoms with Crippen LogP contribution in [0.15, 0.2) is 5.16 Å². The van der Waals surface area contributed by atoms with E-state index in [1.165, 1.54) is 14.0 Å². The normalized spacial score (nSPS) is 16.0. The number of hydrogen-bond acceptors (Lipinski definition) is 4. The van der Waals surface area contributed by atoms with Crippen molar-refractivity contribution >= 4 is 16.0 Å². The van der Waals surface area contributed by atoms with Gasteiger partial charge in [0, 0.05) is 13.1 Å². The summed E-state index contributed by atoms with van der Waals surface area (Å²) in [6.07, 6.45) is 0. The molecule has 0 bridgehead atoms. The second-order valence-electron chi connectivity index (χ2n) is 3.48. The molecule has 0 rings (SSSR count). The topological polar surface area (TPSA) is 108 Å². The van der Waals surface area contributed by atoms with Crippen molar-refractivity contribution in [1.82, 2.24) is 9.03 Å². The number of hydrogen-bond donors (Lipinski definition) is 3. The zero-order valence-electron chi connectivity index (χ0n) is 9.30. The van der Waals surface area contributed by atoms with Crippen LogP contribution in [0.1, 0.15) is 20.8 Å². The molecule has 0 spiro atoms. The van der Waals surface area contributed by atoms with Gasteiger partial charge in [-0.2, -0.15) is 17.4 Å². The van der Waals surface area contributed by atoms with Crippen LogP contribution in [-0.2, 0) is 10.2 Å². The van der Waals surface area contributed by atoms with Crippen LogP contribution in [0.3, 0.4) is 0 Å². The predicted molar refractivity (Wildman–Crippen MR) is 57.8 cm³/mol. The van der Waals surface area contributed by atoms with Crippen molar-refractivity contribution in [3.05, 3.63) is 0 Å². The zero-order valence-corrected chi connectivity index (χ0v) is 10.1. The first-order valence-corrected chi connectivity index (χ1v) is 5.89. The van der Waals surface area contributed by atoms with E-state index in [1.54, 1.807) is 13.8 Å². The SMILES string of the molecule is CC(NS(=O)(=O)N(C)C(C)C)C(N)=NO. The Balaban J connectivity index is 4.66. The number of nitrogens with one attached hydrogen (secondary N) is 1. The quantitative estimate of drug-likeness (QED) is 0.254. The van der Waals surface area contributed by atoms with Gasteiger partial charge in [-0.1, -0.05) is 5.16 Å². The first-order chi connectivity index (χ1) is 6.72. The van der Waals surface area contributed by atoms with Gasteiger partial charge in [0.15, 0.2) is 5.84 Å². The molecule has 0 saturated heterocycles. The highest BCUT2D eigenvalue weighted by Crippen LogP contribution is 2.01. The molecule has 8 heteroatoms. The van der Waals surface area contributed by atoms with Crippen LogP contribution in [-0.4, -0.2) is 42.9 Å². The number of amidine groups is 1. The van der Waals surface area contributed by atoms with E-state index in [0.717, 1.165) is 4.31 Å². The van der Waals surface area contributed by atoms with E-state index < -0.39 is 16.3 Å². The van der Waals surface area contributed by atoms with Gasteiger partial charge in [-0.3, -0.25) is 0 Å². The van der Waals surface area contributed by atoms with Crippen LogP contribution in [0.5, 0.6) is 0 Å². The molecule has 0 fully saturated rings. The molecule has 7 nitrogen and oxygen atoms in total. The van der Waals surface area contributed by atoms with E-state index in [0.29, 0.717) is 0 Å². The van der Waals surface area contributed by atoms with Gasteiger partial charge in [0.05, 0.1) is 6.04 Å². The van der Waals surface area contributed by atoms with Crippen LogP contribution in [0.25, 0.3) is 0 Å². The van der Waals surface area contributed by atoms with Crippen LogP contribution in [0.4, 0.5) is 0 Å². The maximum absolute atomic E-state index is 11.6. The van der Waals surface area contributed by atoms with Gasteiger partial charge in [-0.15, -0.1) is 0 Å². The van der Waals surface area contributed by atoms with Crippen molar-refractivity contribution in [2.24, 2.45) is 10.9 Å². The molecule has 0 aliphatic rings. The Bertz CT molecular complexity index is 325. The first kappa shape index (κ1) is 14.1. The third kappa shape index (κ3) is 4.02. The fourth-order valence-electron chi connectivity index (χ4n) is 0.731. The summed E-state index contributed by atoms with van der Waals surface area (Å²) in [5.41, 5.74) is 5.25. The molecule has 0 amide bonds. The van der Waals surface area contributed by atoms with Crippen molar-refractivity contribution in [3.63, 3.8) is 0 Å². The van der Waals surface area contributed by atoms with Crippen LogP contribution in [0, 0.1) is 0 Å². The predicted octanol–water partition coefficient (Wildman–Crippen LogP) is -0.704. The van der Waals surface area contributed by atoms with Gasteiger partial charge in [-0.05, 0) is 20.8 Å². The van der Waals surface area contributed by atoms with Gasteiger partial charge in [0.2, 0.25) is 0 Å². The minimum absolute atomic E-state index is 0.165. The molecule has 0 aliphatic heterocycles. The van der Waals surface area contributed by atoms with Crippen LogP contribution >= 0.6 is 0 Å². The zero-order chi connectivity index (χ0) is 12.2. The summed E-state index contributed by atoms with van der Waals surface area (Å²) in [6.45, 7) is 4.97. The third-order valence-corrected chi connectivity index (χ3v) is 3.82. The number of nitrogens with zero attached hydrogens (tertiary/aromatic N) is 2. The lowest BCUT2D eigenvalue weighted by Crippen LogP contribution is -2.49. The molecule has 4 N–H and O–H groups in total. The minimum Gasteiger partial charge on any atom is -0.409 e. The van der Waals surface area contributed by atoms with Crippen LogP contribution < -0.4 is 10.5 Å². The molecular formula is C7H18N4O3S. The highest BCUT2D eigenvalue weighted by Gasteiger charge is 2.23. The minimum atomic E-state index is -3.60. The summed E-state index contributed by atoms with van der Waals surface area (Å²) in [5.74, 6) is -0.185. The highest BCUT2D eigenvalue weighted by atomic mass is 32.2. The molecule has 0 aromatic heterocycles. The smallest absolute Gasteiger partial charge is 0.280 e. The van der Waals surface area contributed by atoms with Crippen molar-refractivity contribution in [2.75, 3.05) is 7.05 Å². The lowest BCUT2D eigenvalue weighted by atomic mass is 10.3. The van der Waals surface area contributed by atoms with E-state index in [9.17, 15) is 8.42 Å². The molecule has 1 unspecified atom stereocenters. The van der Waals surface area contributed by atoms with Crippen molar-refractivity contribution in [1.29, 1.82) is 0 Å². The summed E-state index contributed by atoms with van der Waals surface area (Å²) < 4.78 is 26.7. The van der Waals surface area contributed by atoms with E-state index in [-0.39, 0.29) is 11.9 Å². The van der Waals surface area contributed by atoms with Gasteiger partial charge >= 0.3 is 0 Å². The highest BCUT2D eigenvalue weighted by molar-refractivity contribution is 7.87. The summed E-state index contributed by atoms with van der Waals surface area (Å²) in [6, 6.07) is -0.914. The summed E-state index contributed by atoms with van der Waals surface area (Å²) in [4.78, 5) is 0. The van der Waals surface area contributed by atoms with Gasteiger partial charge in [0.1, 0.15) is 0 Å². The van der Waals surface area contributed by atoms with E-state index in [1.807, 2.05) is 0 Å². The van der Waals surface area contributed by atoms with Crippen LogP contribution in [0.2, 0.25) is 0 Å². The summed E-state index contributed by atoms with van der Waals surface area (Å²) in [7, 11) is -2.15. The molecular weight excluding hydrogens is 220 g/mol. The fourth-order valence-corrected chi connectivity index (χ4v) is 2.02. The molecule has 90 valence electrons.